The van der Waals surface area contributed by atoms with Crippen LogP contribution in [0.25, 0.3) is 0 Å². The first-order chi connectivity index (χ1) is 7.69. The third-order valence-corrected chi connectivity index (χ3v) is 3.28. The summed E-state index contributed by atoms with van der Waals surface area (Å²) in [5, 5.41) is 0. The summed E-state index contributed by atoms with van der Waals surface area (Å²) in [7, 11) is 1.40. The van der Waals surface area contributed by atoms with Crippen LogP contribution in [0.4, 0.5) is 0 Å². The second-order valence-corrected chi connectivity index (χ2v) is 4.29. The quantitative estimate of drug-likeness (QED) is 0.450. The number of aryl methyl sites for hydroxylation is 1. The predicted molar refractivity (Wildman–Crippen MR) is 64.6 cm³/mol. The summed E-state index contributed by atoms with van der Waals surface area (Å²) >= 11 is 1.65. The van der Waals surface area contributed by atoms with Gasteiger partial charge in [-0.3, -0.25) is 0 Å². The minimum absolute atomic E-state index is 0.244. The predicted octanol–water partition coefficient (Wildman–Crippen LogP) is 3.19. The van der Waals surface area contributed by atoms with Gasteiger partial charge in [0.2, 0.25) is 0 Å². The molecule has 0 N–H and O–H groups in total. The van der Waals surface area contributed by atoms with Gasteiger partial charge in [0.1, 0.15) is 5.76 Å². The van der Waals surface area contributed by atoms with Gasteiger partial charge in [0.15, 0.2) is 0 Å². The Morgan fingerprint density at radius 1 is 1.62 bits per heavy atom. The third-order valence-electron chi connectivity index (χ3n) is 2.21. The van der Waals surface area contributed by atoms with Crippen molar-refractivity contribution in [1.29, 1.82) is 0 Å². The van der Waals surface area contributed by atoms with Gasteiger partial charge in [-0.1, -0.05) is 13.0 Å². The number of esters is 1. The largest absolute Gasteiger partial charge is 0.468 e. The summed E-state index contributed by atoms with van der Waals surface area (Å²) in [6, 6.07) is 1.93. The van der Waals surface area contributed by atoms with E-state index in [9.17, 15) is 4.79 Å². The molecule has 0 atom stereocenters. The van der Waals surface area contributed by atoms with Gasteiger partial charge in [0.05, 0.1) is 13.4 Å². The van der Waals surface area contributed by atoms with Crippen molar-refractivity contribution < 1.29 is 13.9 Å². The number of ether oxygens (including phenoxy) is 1. The van der Waals surface area contributed by atoms with E-state index < -0.39 is 0 Å². The molecule has 0 radical (unpaired) electrons. The maximum absolute atomic E-state index is 11.3. The van der Waals surface area contributed by atoms with Gasteiger partial charge in [0.25, 0.3) is 0 Å². The topological polar surface area (TPSA) is 39.4 Å². The van der Waals surface area contributed by atoms with Crippen molar-refractivity contribution in [3.05, 3.63) is 29.7 Å². The monoisotopic (exact) mass is 240 g/mol. The molecule has 0 spiro atoms. The van der Waals surface area contributed by atoms with Crippen LogP contribution in [0.1, 0.15) is 19.1 Å². The van der Waals surface area contributed by atoms with Crippen molar-refractivity contribution in [3.8, 4) is 0 Å². The molecule has 0 aliphatic carbocycles. The van der Waals surface area contributed by atoms with Gasteiger partial charge < -0.3 is 9.15 Å². The third kappa shape index (κ3) is 3.45. The average Bonchev–Trinajstić information content (AvgIpc) is 2.69. The minimum atomic E-state index is -0.244. The molecule has 4 heteroatoms. The molecule has 0 unspecified atom stereocenters. The van der Waals surface area contributed by atoms with Crippen molar-refractivity contribution in [2.45, 2.75) is 25.2 Å². The molecule has 1 rings (SSSR count). The molecule has 0 amide bonds. The molecule has 88 valence electrons. The number of methoxy groups -OCH3 is 1. The van der Waals surface area contributed by atoms with E-state index in [1.165, 1.54) is 7.11 Å². The van der Waals surface area contributed by atoms with Gasteiger partial charge in [-0.05, 0) is 19.4 Å². The van der Waals surface area contributed by atoms with E-state index in [4.69, 9.17) is 4.42 Å². The molecule has 0 saturated heterocycles. The Morgan fingerprint density at radius 3 is 2.88 bits per heavy atom. The highest BCUT2D eigenvalue weighted by atomic mass is 32.2. The molecule has 0 saturated carbocycles. The van der Waals surface area contributed by atoms with Crippen molar-refractivity contribution in [2.75, 3.05) is 12.9 Å². The smallest absolute Gasteiger partial charge is 0.333 e. The van der Waals surface area contributed by atoms with Crippen LogP contribution in [0, 0.1) is 6.92 Å². The van der Waals surface area contributed by atoms with E-state index in [-0.39, 0.29) is 5.97 Å². The lowest BCUT2D eigenvalue weighted by Crippen LogP contribution is -2.04. The van der Waals surface area contributed by atoms with Gasteiger partial charge in [0, 0.05) is 16.2 Å². The number of rotatable bonds is 5. The van der Waals surface area contributed by atoms with Crippen LogP contribution in [0.15, 0.2) is 33.3 Å². The van der Waals surface area contributed by atoms with Crippen molar-refractivity contribution >= 4 is 17.7 Å². The zero-order valence-electron chi connectivity index (χ0n) is 9.78. The van der Waals surface area contributed by atoms with E-state index in [0.717, 1.165) is 22.0 Å². The molecular formula is C12H16O3S. The fourth-order valence-corrected chi connectivity index (χ4v) is 2.13. The summed E-state index contributed by atoms with van der Waals surface area (Å²) < 4.78 is 9.86. The SMILES string of the molecule is CC/C(=C/CSc1ccoc1C)C(=O)OC. The summed E-state index contributed by atoms with van der Waals surface area (Å²) in [6.07, 6.45) is 4.27. The molecule has 0 aliphatic heterocycles. The van der Waals surface area contributed by atoms with E-state index in [1.807, 2.05) is 26.0 Å². The molecule has 1 aromatic rings. The van der Waals surface area contributed by atoms with Crippen molar-refractivity contribution in [2.24, 2.45) is 0 Å². The van der Waals surface area contributed by atoms with Gasteiger partial charge in [-0.2, -0.15) is 0 Å². The van der Waals surface area contributed by atoms with Crippen LogP contribution < -0.4 is 0 Å². The Bertz CT molecular complexity index is 379. The fourth-order valence-electron chi connectivity index (χ4n) is 1.26. The Hall–Kier alpha value is -1.16. The Kier molecular flexibility index (Phi) is 5.19. The van der Waals surface area contributed by atoms with Crippen LogP contribution >= 0.6 is 11.8 Å². The lowest BCUT2D eigenvalue weighted by Gasteiger charge is -2.01. The summed E-state index contributed by atoms with van der Waals surface area (Å²) in [5.74, 6) is 1.42. The van der Waals surface area contributed by atoms with Crippen LogP contribution in [0.5, 0.6) is 0 Å². The first-order valence-electron chi connectivity index (χ1n) is 5.13. The summed E-state index contributed by atoms with van der Waals surface area (Å²) in [4.78, 5) is 12.4. The average molecular weight is 240 g/mol. The maximum atomic E-state index is 11.3. The van der Waals surface area contributed by atoms with Crippen LogP contribution in [-0.4, -0.2) is 18.8 Å². The highest BCUT2D eigenvalue weighted by molar-refractivity contribution is 7.99. The second-order valence-electron chi connectivity index (χ2n) is 3.23. The number of thioether (sulfide) groups is 1. The Labute approximate surface area is 99.9 Å². The molecule has 0 aliphatic rings. The zero-order chi connectivity index (χ0) is 12.0. The lowest BCUT2D eigenvalue weighted by molar-refractivity contribution is -0.136. The van der Waals surface area contributed by atoms with Gasteiger partial charge >= 0.3 is 5.97 Å². The fraction of sp³-hybridized carbons (Fsp3) is 0.417. The second kappa shape index (κ2) is 6.43. The molecule has 1 heterocycles. The van der Waals surface area contributed by atoms with Crippen LogP contribution in [-0.2, 0) is 9.53 Å². The highest BCUT2D eigenvalue weighted by Gasteiger charge is 2.06. The van der Waals surface area contributed by atoms with Gasteiger partial charge in [-0.25, -0.2) is 4.79 Å². The highest BCUT2D eigenvalue weighted by Crippen LogP contribution is 2.23. The Balaban J connectivity index is 2.52. The van der Waals surface area contributed by atoms with E-state index >= 15 is 0 Å². The number of furan rings is 1. The standard InChI is InChI=1S/C12H16O3S/c1-4-10(12(13)14-3)6-8-16-11-5-7-15-9(11)2/h5-7H,4,8H2,1-3H3/b10-6-. The number of hydrogen-bond acceptors (Lipinski definition) is 4. The number of hydrogen-bond donors (Lipinski definition) is 0. The Morgan fingerprint density at radius 2 is 2.38 bits per heavy atom. The normalized spacial score (nSPS) is 11.6. The molecule has 0 bridgehead atoms. The molecule has 3 nitrogen and oxygen atoms in total. The molecule has 0 fully saturated rings. The number of carbonyl (C=O) groups excluding carboxylic acids is 1. The van der Waals surface area contributed by atoms with Crippen molar-refractivity contribution in [1.82, 2.24) is 0 Å². The van der Waals surface area contributed by atoms with Crippen LogP contribution in [0.3, 0.4) is 0 Å². The zero-order valence-corrected chi connectivity index (χ0v) is 10.6. The minimum Gasteiger partial charge on any atom is -0.468 e. The molecule has 0 aromatic carbocycles. The van der Waals surface area contributed by atoms with E-state index in [1.54, 1.807) is 18.0 Å². The van der Waals surface area contributed by atoms with Crippen LogP contribution in [0.2, 0.25) is 0 Å². The number of carbonyl (C=O) groups is 1. The lowest BCUT2D eigenvalue weighted by atomic mass is 10.2. The molecule has 16 heavy (non-hydrogen) atoms. The first kappa shape index (κ1) is 12.9. The van der Waals surface area contributed by atoms with E-state index in [0.29, 0.717) is 6.42 Å². The molecule has 1 aromatic heterocycles. The van der Waals surface area contributed by atoms with E-state index in [2.05, 4.69) is 4.74 Å². The summed E-state index contributed by atoms with van der Waals surface area (Å²) in [5.41, 5.74) is 0.719. The maximum Gasteiger partial charge on any atom is 0.333 e. The molecular weight excluding hydrogens is 224 g/mol. The summed E-state index contributed by atoms with van der Waals surface area (Å²) in [6.45, 7) is 3.86. The van der Waals surface area contributed by atoms with Crippen molar-refractivity contribution in [3.63, 3.8) is 0 Å². The first-order valence-corrected chi connectivity index (χ1v) is 6.11. The van der Waals surface area contributed by atoms with Gasteiger partial charge in [-0.15, -0.1) is 11.8 Å².